The fourth-order valence-electron chi connectivity index (χ4n) is 1.25. The van der Waals surface area contributed by atoms with Crippen LogP contribution in [0.2, 0.25) is 0 Å². The first-order valence-corrected chi connectivity index (χ1v) is 3.90. The van der Waals surface area contributed by atoms with Crippen LogP contribution in [0.1, 0.15) is 13.3 Å². The van der Waals surface area contributed by atoms with Gasteiger partial charge in [-0.25, -0.2) is 0 Å². The summed E-state index contributed by atoms with van der Waals surface area (Å²) in [7, 11) is 0. The van der Waals surface area contributed by atoms with E-state index >= 15 is 0 Å². The summed E-state index contributed by atoms with van der Waals surface area (Å²) in [5, 5.41) is 15.3. The van der Waals surface area contributed by atoms with Gasteiger partial charge in [-0.05, 0) is 19.9 Å². The molecular weight excluding hydrogens is 128 g/mol. The SMILES string of the molecule is C[C@H](CO)NC1CCNC1. The smallest absolute Gasteiger partial charge is 0.0582 e. The lowest BCUT2D eigenvalue weighted by atomic mass is 10.2. The molecule has 10 heavy (non-hydrogen) atoms. The highest BCUT2D eigenvalue weighted by Gasteiger charge is 2.15. The third-order valence-corrected chi connectivity index (χ3v) is 1.85. The Morgan fingerprint density at radius 1 is 1.80 bits per heavy atom. The highest BCUT2D eigenvalue weighted by atomic mass is 16.3. The molecule has 1 unspecified atom stereocenters. The molecule has 3 heteroatoms. The molecule has 2 atom stereocenters. The van der Waals surface area contributed by atoms with E-state index in [0.717, 1.165) is 13.1 Å². The van der Waals surface area contributed by atoms with Crippen LogP contribution in [0.25, 0.3) is 0 Å². The van der Waals surface area contributed by atoms with E-state index in [-0.39, 0.29) is 12.6 Å². The summed E-state index contributed by atoms with van der Waals surface area (Å²) in [4.78, 5) is 0. The Kier molecular flexibility index (Phi) is 3.12. The van der Waals surface area contributed by atoms with Crippen molar-refractivity contribution in [2.45, 2.75) is 25.4 Å². The van der Waals surface area contributed by atoms with Crippen LogP contribution < -0.4 is 10.6 Å². The minimum atomic E-state index is 0.233. The van der Waals surface area contributed by atoms with Gasteiger partial charge in [0.2, 0.25) is 0 Å². The van der Waals surface area contributed by atoms with E-state index in [1.54, 1.807) is 0 Å². The first-order chi connectivity index (χ1) is 4.83. The van der Waals surface area contributed by atoms with Gasteiger partial charge in [0.05, 0.1) is 6.61 Å². The third kappa shape index (κ3) is 2.25. The summed E-state index contributed by atoms with van der Waals surface area (Å²) >= 11 is 0. The van der Waals surface area contributed by atoms with Crippen LogP contribution in [0, 0.1) is 0 Å². The van der Waals surface area contributed by atoms with Crippen molar-refractivity contribution >= 4 is 0 Å². The van der Waals surface area contributed by atoms with E-state index in [1.807, 2.05) is 6.92 Å². The minimum Gasteiger partial charge on any atom is -0.395 e. The molecule has 0 spiro atoms. The highest BCUT2D eigenvalue weighted by molar-refractivity contribution is 4.79. The van der Waals surface area contributed by atoms with E-state index in [0.29, 0.717) is 6.04 Å². The molecule has 0 aromatic rings. The first-order valence-electron chi connectivity index (χ1n) is 3.90. The lowest BCUT2D eigenvalue weighted by Crippen LogP contribution is -2.39. The number of hydrogen-bond acceptors (Lipinski definition) is 3. The molecular formula is C7H16N2O. The van der Waals surface area contributed by atoms with Crippen molar-refractivity contribution < 1.29 is 5.11 Å². The van der Waals surface area contributed by atoms with Crippen molar-refractivity contribution in [1.29, 1.82) is 0 Å². The van der Waals surface area contributed by atoms with Gasteiger partial charge < -0.3 is 15.7 Å². The average Bonchev–Trinajstić information content (AvgIpc) is 2.40. The second-order valence-electron chi connectivity index (χ2n) is 2.94. The quantitative estimate of drug-likeness (QED) is 0.491. The molecule has 1 heterocycles. The maximum absolute atomic E-state index is 8.71. The molecule has 1 aliphatic rings. The van der Waals surface area contributed by atoms with Crippen LogP contribution in [0.15, 0.2) is 0 Å². The Labute approximate surface area is 61.8 Å². The number of nitrogens with one attached hydrogen (secondary N) is 2. The van der Waals surface area contributed by atoms with Crippen molar-refractivity contribution in [3.63, 3.8) is 0 Å². The number of aliphatic hydroxyl groups is 1. The molecule has 0 aromatic carbocycles. The lowest BCUT2D eigenvalue weighted by molar-refractivity contribution is 0.242. The number of aliphatic hydroxyl groups excluding tert-OH is 1. The predicted octanol–water partition coefficient (Wildman–Crippen LogP) is -0.681. The lowest BCUT2D eigenvalue weighted by Gasteiger charge is -2.15. The monoisotopic (exact) mass is 144 g/mol. The van der Waals surface area contributed by atoms with Crippen molar-refractivity contribution in [3.8, 4) is 0 Å². The van der Waals surface area contributed by atoms with Gasteiger partial charge in [0.1, 0.15) is 0 Å². The van der Waals surface area contributed by atoms with E-state index < -0.39 is 0 Å². The van der Waals surface area contributed by atoms with Crippen LogP contribution in [0.5, 0.6) is 0 Å². The van der Waals surface area contributed by atoms with Gasteiger partial charge in [0.15, 0.2) is 0 Å². The fraction of sp³-hybridized carbons (Fsp3) is 1.00. The molecule has 1 aliphatic heterocycles. The fourth-order valence-corrected chi connectivity index (χ4v) is 1.25. The summed E-state index contributed by atoms with van der Waals surface area (Å²) in [5.41, 5.74) is 0. The van der Waals surface area contributed by atoms with Crippen LogP contribution in [-0.2, 0) is 0 Å². The van der Waals surface area contributed by atoms with Gasteiger partial charge in [-0.1, -0.05) is 0 Å². The largest absolute Gasteiger partial charge is 0.395 e. The average molecular weight is 144 g/mol. The second-order valence-corrected chi connectivity index (χ2v) is 2.94. The van der Waals surface area contributed by atoms with Crippen LogP contribution in [0.4, 0.5) is 0 Å². The predicted molar refractivity (Wildman–Crippen MR) is 41.0 cm³/mol. The summed E-state index contributed by atoms with van der Waals surface area (Å²) < 4.78 is 0. The summed E-state index contributed by atoms with van der Waals surface area (Å²) in [6.07, 6.45) is 1.18. The molecule has 0 radical (unpaired) electrons. The Balaban J connectivity index is 2.11. The van der Waals surface area contributed by atoms with Crippen molar-refractivity contribution in [3.05, 3.63) is 0 Å². The Bertz CT molecular complexity index is 91.6. The van der Waals surface area contributed by atoms with Crippen molar-refractivity contribution in [1.82, 2.24) is 10.6 Å². The Morgan fingerprint density at radius 2 is 2.60 bits per heavy atom. The van der Waals surface area contributed by atoms with Gasteiger partial charge >= 0.3 is 0 Å². The van der Waals surface area contributed by atoms with Crippen molar-refractivity contribution in [2.24, 2.45) is 0 Å². The molecule has 0 saturated carbocycles. The highest BCUT2D eigenvalue weighted by Crippen LogP contribution is 1.97. The van der Waals surface area contributed by atoms with Gasteiger partial charge in [0.25, 0.3) is 0 Å². The summed E-state index contributed by atoms with van der Waals surface area (Å²) in [6.45, 7) is 4.38. The molecule has 1 fully saturated rings. The maximum Gasteiger partial charge on any atom is 0.0582 e. The summed E-state index contributed by atoms with van der Waals surface area (Å²) in [6, 6.07) is 0.812. The Hall–Kier alpha value is -0.120. The van der Waals surface area contributed by atoms with Crippen LogP contribution >= 0.6 is 0 Å². The molecule has 0 amide bonds. The van der Waals surface area contributed by atoms with E-state index in [2.05, 4.69) is 10.6 Å². The zero-order chi connectivity index (χ0) is 7.40. The molecule has 1 rings (SSSR count). The number of rotatable bonds is 3. The van der Waals surface area contributed by atoms with Gasteiger partial charge in [0, 0.05) is 18.6 Å². The summed E-state index contributed by atoms with van der Waals surface area (Å²) in [5.74, 6) is 0. The minimum absolute atomic E-state index is 0.233. The molecule has 0 aromatic heterocycles. The van der Waals surface area contributed by atoms with Crippen LogP contribution in [-0.4, -0.2) is 36.9 Å². The van der Waals surface area contributed by atoms with E-state index in [4.69, 9.17) is 5.11 Å². The van der Waals surface area contributed by atoms with Gasteiger partial charge in [-0.15, -0.1) is 0 Å². The third-order valence-electron chi connectivity index (χ3n) is 1.85. The zero-order valence-electron chi connectivity index (χ0n) is 6.43. The Morgan fingerprint density at radius 3 is 3.10 bits per heavy atom. The zero-order valence-corrected chi connectivity index (χ0v) is 6.43. The molecule has 0 bridgehead atoms. The maximum atomic E-state index is 8.71. The molecule has 3 nitrogen and oxygen atoms in total. The van der Waals surface area contributed by atoms with Gasteiger partial charge in [-0.3, -0.25) is 0 Å². The standard InChI is InChI=1S/C7H16N2O/c1-6(5-10)9-7-2-3-8-4-7/h6-10H,2-5H2,1H3/t6-,7?/m1/s1. The van der Waals surface area contributed by atoms with Gasteiger partial charge in [-0.2, -0.15) is 0 Å². The van der Waals surface area contributed by atoms with Crippen molar-refractivity contribution in [2.75, 3.05) is 19.7 Å². The second kappa shape index (κ2) is 3.91. The molecule has 0 aliphatic carbocycles. The topological polar surface area (TPSA) is 44.3 Å². The normalized spacial score (nSPS) is 28.8. The van der Waals surface area contributed by atoms with E-state index in [1.165, 1.54) is 6.42 Å². The van der Waals surface area contributed by atoms with Crippen LogP contribution in [0.3, 0.4) is 0 Å². The first kappa shape index (κ1) is 7.98. The molecule has 3 N–H and O–H groups in total. The number of hydrogen-bond donors (Lipinski definition) is 3. The molecule has 60 valence electrons. The van der Waals surface area contributed by atoms with E-state index in [9.17, 15) is 0 Å². The molecule has 1 saturated heterocycles.